The quantitative estimate of drug-likeness (QED) is 0.922. The molecule has 2 unspecified atom stereocenters. The van der Waals surface area contributed by atoms with Crippen LogP contribution in [0.2, 0.25) is 0 Å². The Morgan fingerprint density at radius 3 is 2.67 bits per heavy atom. The maximum absolute atomic E-state index is 12.7. The molecule has 106 valence electrons. The number of ketones is 1. The molecule has 1 aliphatic heterocycles. The summed E-state index contributed by atoms with van der Waals surface area (Å²) in [6, 6.07) is 16.7. The summed E-state index contributed by atoms with van der Waals surface area (Å²) >= 11 is 0. The number of carbonyl (C=O) groups is 1. The predicted octanol–water partition coefficient (Wildman–Crippen LogP) is 3.88. The highest BCUT2D eigenvalue weighted by Gasteiger charge is 2.32. The second-order valence-electron chi connectivity index (χ2n) is 6.13. The highest BCUT2D eigenvalue weighted by molar-refractivity contribution is 5.89. The summed E-state index contributed by atoms with van der Waals surface area (Å²) in [7, 11) is 0. The molecule has 0 saturated carbocycles. The van der Waals surface area contributed by atoms with E-state index in [2.05, 4.69) is 41.7 Å². The third-order valence-electron chi connectivity index (χ3n) is 4.88. The molecule has 1 N–H and O–H groups in total. The van der Waals surface area contributed by atoms with Gasteiger partial charge in [0.05, 0.1) is 0 Å². The van der Waals surface area contributed by atoms with Gasteiger partial charge in [-0.05, 0) is 41.5 Å². The smallest absolute Gasteiger partial charge is 0.141 e. The Morgan fingerprint density at radius 1 is 1.05 bits per heavy atom. The summed E-state index contributed by atoms with van der Waals surface area (Å²) in [5.41, 5.74) is 5.12. The van der Waals surface area contributed by atoms with Crippen molar-refractivity contribution >= 4 is 11.5 Å². The molecule has 0 fully saturated rings. The number of carbonyl (C=O) groups excluding carboxylic acids is 1. The number of anilines is 1. The van der Waals surface area contributed by atoms with Gasteiger partial charge in [0.1, 0.15) is 5.78 Å². The van der Waals surface area contributed by atoms with Gasteiger partial charge in [0.15, 0.2) is 0 Å². The Bertz CT molecular complexity index is 691. The van der Waals surface area contributed by atoms with Gasteiger partial charge in [0, 0.05) is 24.6 Å². The van der Waals surface area contributed by atoms with Crippen LogP contribution in [0, 0.1) is 0 Å². The van der Waals surface area contributed by atoms with E-state index in [1.54, 1.807) is 0 Å². The largest absolute Gasteiger partial charge is 0.385 e. The van der Waals surface area contributed by atoms with Crippen molar-refractivity contribution in [3.8, 4) is 0 Å². The van der Waals surface area contributed by atoms with Gasteiger partial charge in [0.25, 0.3) is 0 Å². The van der Waals surface area contributed by atoms with E-state index in [9.17, 15) is 4.79 Å². The van der Waals surface area contributed by atoms with E-state index < -0.39 is 0 Å². The van der Waals surface area contributed by atoms with Gasteiger partial charge in [-0.3, -0.25) is 4.79 Å². The van der Waals surface area contributed by atoms with Crippen LogP contribution in [0.4, 0.5) is 5.69 Å². The number of fused-ring (bicyclic) bond motifs is 2. The highest BCUT2D eigenvalue weighted by atomic mass is 16.1. The molecule has 0 saturated heterocycles. The van der Waals surface area contributed by atoms with Crippen molar-refractivity contribution in [3.05, 3.63) is 65.2 Å². The topological polar surface area (TPSA) is 29.1 Å². The van der Waals surface area contributed by atoms with Crippen molar-refractivity contribution in [2.24, 2.45) is 0 Å². The molecular weight excluding hydrogens is 258 g/mol. The van der Waals surface area contributed by atoms with Crippen LogP contribution in [0.15, 0.2) is 48.5 Å². The van der Waals surface area contributed by atoms with E-state index in [1.807, 2.05) is 12.1 Å². The molecule has 1 heterocycles. The molecule has 2 aromatic rings. The summed E-state index contributed by atoms with van der Waals surface area (Å²) in [5, 5.41) is 3.39. The summed E-state index contributed by atoms with van der Waals surface area (Å²) in [6.45, 7) is 0.897. The van der Waals surface area contributed by atoms with E-state index in [-0.39, 0.29) is 5.92 Å². The number of rotatable bonds is 3. The molecule has 2 aliphatic rings. The van der Waals surface area contributed by atoms with Crippen LogP contribution in [0.1, 0.15) is 41.4 Å². The Balaban J connectivity index is 1.52. The number of para-hydroxylation sites is 1. The Hall–Kier alpha value is -2.09. The van der Waals surface area contributed by atoms with Gasteiger partial charge in [0.2, 0.25) is 0 Å². The third-order valence-corrected chi connectivity index (χ3v) is 4.88. The number of benzene rings is 2. The minimum Gasteiger partial charge on any atom is -0.385 e. The SMILES string of the molecule is O=C(CC1Cc2ccccc21)C1CCNc2ccccc21. The fraction of sp³-hybridized carbons (Fsp3) is 0.316. The van der Waals surface area contributed by atoms with E-state index in [0.717, 1.165) is 25.1 Å². The van der Waals surface area contributed by atoms with Crippen molar-refractivity contribution in [1.29, 1.82) is 0 Å². The lowest BCUT2D eigenvalue weighted by Crippen LogP contribution is -2.27. The standard InChI is InChI=1S/C19H19NO/c21-19(12-14-11-13-5-1-2-6-15(13)14)17-9-10-20-18-8-4-3-7-16(17)18/h1-8,14,17,20H,9-12H2. The molecule has 0 aromatic heterocycles. The second-order valence-corrected chi connectivity index (χ2v) is 6.13. The number of hydrogen-bond acceptors (Lipinski definition) is 2. The van der Waals surface area contributed by atoms with Crippen molar-refractivity contribution in [2.75, 3.05) is 11.9 Å². The van der Waals surface area contributed by atoms with E-state index in [0.29, 0.717) is 18.1 Å². The van der Waals surface area contributed by atoms with Crippen LogP contribution in [0.25, 0.3) is 0 Å². The molecule has 2 aromatic carbocycles. The van der Waals surface area contributed by atoms with Crippen LogP contribution in [-0.2, 0) is 11.2 Å². The molecule has 1 aliphatic carbocycles. The third kappa shape index (κ3) is 2.15. The normalized spacial score (nSPS) is 22.5. The van der Waals surface area contributed by atoms with Crippen LogP contribution in [0.5, 0.6) is 0 Å². The van der Waals surface area contributed by atoms with Crippen molar-refractivity contribution in [3.63, 3.8) is 0 Å². The Labute approximate surface area is 125 Å². The van der Waals surface area contributed by atoms with Crippen molar-refractivity contribution in [2.45, 2.75) is 31.1 Å². The Morgan fingerprint density at radius 2 is 1.81 bits per heavy atom. The first-order valence-corrected chi connectivity index (χ1v) is 7.76. The molecule has 2 heteroatoms. The van der Waals surface area contributed by atoms with E-state index in [1.165, 1.54) is 16.7 Å². The van der Waals surface area contributed by atoms with Gasteiger partial charge in [-0.15, -0.1) is 0 Å². The fourth-order valence-corrected chi connectivity index (χ4v) is 3.73. The number of Topliss-reactive ketones (excluding diaryl/α,β-unsaturated/α-hetero) is 1. The molecule has 21 heavy (non-hydrogen) atoms. The molecule has 0 spiro atoms. The lowest BCUT2D eigenvalue weighted by Gasteiger charge is -2.32. The van der Waals surface area contributed by atoms with Gasteiger partial charge in [-0.2, -0.15) is 0 Å². The van der Waals surface area contributed by atoms with Crippen LogP contribution in [0.3, 0.4) is 0 Å². The van der Waals surface area contributed by atoms with E-state index >= 15 is 0 Å². The molecule has 4 rings (SSSR count). The summed E-state index contributed by atoms with van der Waals surface area (Å²) in [6.07, 6.45) is 2.68. The molecule has 0 amide bonds. The maximum Gasteiger partial charge on any atom is 0.141 e. The average molecular weight is 277 g/mol. The van der Waals surface area contributed by atoms with Crippen molar-refractivity contribution in [1.82, 2.24) is 0 Å². The second kappa shape index (κ2) is 5.03. The number of nitrogens with one attached hydrogen (secondary N) is 1. The zero-order valence-corrected chi connectivity index (χ0v) is 12.0. The monoisotopic (exact) mass is 277 g/mol. The fourth-order valence-electron chi connectivity index (χ4n) is 3.73. The first-order chi connectivity index (χ1) is 10.3. The van der Waals surface area contributed by atoms with Crippen LogP contribution < -0.4 is 5.32 Å². The van der Waals surface area contributed by atoms with Crippen LogP contribution in [-0.4, -0.2) is 12.3 Å². The molecule has 0 radical (unpaired) electrons. The highest BCUT2D eigenvalue weighted by Crippen LogP contribution is 2.40. The van der Waals surface area contributed by atoms with Crippen molar-refractivity contribution < 1.29 is 4.79 Å². The number of hydrogen-bond donors (Lipinski definition) is 1. The lowest BCUT2D eigenvalue weighted by atomic mass is 9.73. The average Bonchev–Trinajstić information content (AvgIpc) is 2.52. The molecular formula is C19H19NO. The first kappa shape index (κ1) is 12.6. The molecule has 2 nitrogen and oxygen atoms in total. The first-order valence-electron chi connectivity index (χ1n) is 7.76. The Kier molecular flexibility index (Phi) is 3.03. The molecule has 2 atom stereocenters. The molecule has 0 bridgehead atoms. The summed E-state index contributed by atoms with van der Waals surface area (Å²) in [5.74, 6) is 0.925. The maximum atomic E-state index is 12.7. The minimum absolute atomic E-state index is 0.0789. The predicted molar refractivity (Wildman–Crippen MR) is 84.8 cm³/mol. The van der Waals surface area contributed by atoms with Gasteiger partial charge >= 0.3 is 0 Å². The summed E-state index contributed by atoms with van der Waals surface area (Å²) < 4.78 is 0. The van der Waals surface area contributed by atoms with Gasteiger partial charge in [-0.25, -0.2) is 0 Å². The van der Waals surface area contributed by atoms with Gasteiger partial charge < -0.3 is 5.32 Å². The summed E-state index contributed by atoms with van der Waals surface area (Å²) in [4.78, 5) is 12.7. The zero-order chi connectivity index (χ0) is 14.2. The van der Waals surface area contributed by atoms with Gasteiger partial charge in [-0.1, -0.05) is 42.5 Å². The zero-order valence-electron chi connectivity index (χ0n) is 12.0. The lowest BCUT2D eigenvalue weighted by molar-refractivity contribution is -0.121. The minimum atomic E-state index is 0.0789. The van der Waals surface area contributed by atoms with E-state index in [4.69, 9.17) is 0 Å². The van der Waals surface area contributed by atoms with Crippen LogP contribution >= 0.6 is 0 Å².